The van der Waals surface area contributed by atoms with Crippen LogP contribution in [-0.2, 0) is 4.79 Å². The molecule has 3 atom stereocenters. The summed E-state index contributed by atoms with van der Waals surface area (Å²) in [5.74, 6) is 1.33. The highest BCUT2D eigenvalue weighted by Crippen LogP contribution is 2.44. The van der Waals surface area contributed by atoms with Gasteiger partial charge in [-0.15, -0.1) is 0 Å². The molecule has 1 aliphatic carbocycles. The Morgan fingerprint density at radius 3 is 2.67 bits per heavy atom. The molecule has 1 aliphatic heterocycles. The highest BCUT2D eigenvalue weighted by Gasteiger charge is 2.41. The zero-order chi connectivity index (χ0) is 14.7. The molecular formula is C18H25NO2. The molecule has 1 saturated carbocycles. The number of benzene rings is 1. The summed E-state index contributed by atoms with van der Waals surface area (Å²) >= 11 is 0. The summed E-state index contributed by atoms with van der Waals surface area (Å²) in [5, 5.41) is 9.05. The number of rotatable bonds is 3. The van der Waals surface area contributed by atoms with Crippen molar-refractivity contribution in [3.63, 3.8) is 0 Å². The average molecular weight is 287 g/mol. The van der Waals surface area contributed by atoms with Gasteiger partial charge in [0.05, 0.1) is 6.61 Å². The van der Waals surface area contributed by atoms with Gasteiger partial charge in [-0.05, 0) is 36.7 Å². The van der Waals surface area contributed by atoms with E-state index in [-0.39, 0.29) is 18.9 Å². The monoisotopic (exact) mass is 287 g/mol. The van der Waals surface area contributed by atoms with E-state index < -0.39 is 0 Å². The SMILES string of the molecule is O=C(CCO)N1CCC(c2ccccc2)C2CCCCC21. The lowest BCUT2D eigenvalue weighted by Crippen LogP contribution is -2.52. The van der Waals surface area contributed by atoms with Gasteiger partial charge in [-0.2, -0.15) is 0 Å². The number of fused-ring (bicyclic) bond motifs is 1. The van der Waals surface area contributed by atoms with Crippen molar-refractivity contribution in [2.75, 3.05) is 13.2 Å². The van der Waals surface area contributed by atoms with Crippen LogP contribution in [-0.4, -0.2) is 35.1 Å². The zero-order valence-electron chi connectivity index (χ0n) is 12.6. The lowest BCUT2D eigenvalue weighted by Gasteiger charge is -2.48. The van der Waals surface area contributed by atoms with Gasteiger partial charge < -0.3 is 10.0 Å². The van der Waals surface area contributed by atoms with Crippen LogP contribution >= 0.6 is 0 Å². The Hall–Kier alpha value is -1.35. The highest BCUT2D eigenvalue weighted by atomic mass is 16.3. The molecule has 2 aliphatic rings. The van der Waals surface area contributed by atoms with Gasteiger partial charge in [0.1, 0.15) is 0 Å². The van der Waals surface area contributed by atoms with E-state index in [0.29, 0.717) is 17.9 Å². The first-order chi connectivity index (χ1) is 10.3. The molecular weight excluding hydrogens is 262 g/mol. The molecule has 114 valence electrons. The maximum atomic E-state index is 12.3. The van der Waals surface area contributed by atoms with Gasteiger partial charge in [0.25, 0.3) is 0 Å². The highest BCUT2D eigenvalue weighted by molar-refractivity contribution is 5.76. The van der Waals surface area contributed by atoms with Gasteiger partial charge in [0.2, 0.25) is 5.91 Å². The molecule has 1 N–H and O–H groups in total. The van der Waals surface area contributed by atoms with Crippen LogP contribution in [0.4, 0.5) is 0 Å². The summed E-state index contributed by atoms with van der Waals surface area (Å²) in [6.07, 6.45) is 6.21. The molecule has 3 rings (SSSR count). The van der Waals surface area contributed by atoms with Crippen LogP contribution in [0.25, 0.3) is 0 Å². The van der Waals surface area contributed by atoms with Crippen molar-refractivity contribution >= 4 is 5.91 Å². The van der Waals surface area contributed by atoms with Crippen LogP contribution < -0.4 is 0 Å². The Balaban J connectivity index is 1.81. The Labute approximate surface area is 127 Å². The number of piperidine rings is 1. The third kappa shape index (κ3) is 2.98. The van der Waals surface area contributed by atoms with Crippen molar-refractivity contribution < 1.29 is 9.90 Å². The van der Waals surface area contributed by atoms with Crippen LogP contribution in [0.5, 0.6) is 0 Å². The lowest BCUT2D eigenvalue weighted by atomic mass is 9.69. The smallest absolute Gasteiger partial charge is 0.225 e. The van der Waals surface area contributed by atoms with Crippen LogP contribution in [0.1, 0.15) is 50.0 Å². The minimum absolute atomic E-state index is 0.0329. The fourth-order valence-corrected chi connectivity index (χ4v) is 4.32. The molecule has 0 aromatic heterocycles. The topological polar surface area (TPSA) is 40.5 Å². The molecule has 3 heteroatoms. The van der Waals surface area contributed by atoms with Crippen molar-refractivity contribution in [2.45, 2.75) is 50.5 Å². The van der Waals surface area contributed by atoms with E-state index in [4.69, 9.17) is 5.11 Å². The summed E-state index contributed by atoms with van der Waals surface area (Å²) in [4.78, 5) is 14.3. The standard InChI is InChI=1S/C18H25NO2/c20-13-11-18(21)19-12-10-15(14-6-2-1-3-7-14)16-8-4-5-9-17(16)19/h1-3,6-7,15-17,20H,4-5,8-13H2. The molecule has 1 saturated heterocycles. The first-order valence-electron chi connectivity index (χ1n) is 8.26. The molecule has 21 heavy (non-hydrogen) atoms. The number of hydrogen-bond donors (Lipinski definition) is 1. The largest absolute Gasteiger partial charge is 0.396 e. The van der Waals surface area contributed by atoms with Crippen molar-refractivity contribution in [1.82, 2.24) is 4.90 Å². The number of hydrogen-bond acceptors (Lipinski definition) is 2. The number of carbonyl (C=O) groups excluding carboxylic acids is 1. The van der Waals surface area contributed by atoms with Gasteiger partial charge in [-0.25, -0.2) is 0 Å². The quantitative estimate of drug-likeness (QED) is 0.928. The van der Waals surface area contributed by atoms with Crippen LogP contribution in [0.2, 0.25) is 0 Å². The third-order valence-electron chi connectivity index (χ3n) is 5.25. The fourth-order valence-electron chi connectivity index (χ4n) is 4.32. The average Bonchev–Trinajstić information content (AvgIpc) is 2.55. The lowest BCUT2D eigenvalue weighted by molar-refractivity contribution is -0.138. The molecule has 3 unspecified atom stereocenters. The predicted molar refractivity (Wildman–Crippen MR) is 83.0 cm³/mol. The maximum absolute atomic E-state index is 12.3. The number of aliphatic hydroxyl groups excluding tert-OH is 1. The Kier molecular flexibility index (Phi) is 4.59. The summed E-state index contributed by atoms with van der Waals surface area (Å²) in [5.41, 5.74) is 1.43. The number of carbonyl (C=O) groups is 1. The second-order valence-electron chi connectivity index (χ2n) is 6.38. The third-order valence-corrected chi connectivity index (χ3v) is 5.25. The second-order valence-corrected chi connectivity index (χ2v) is 6.38. The van der Waals surface area contributed by atoms with Crippen LogP contribution in [0, 0.1) is 5.92 Å². The van der Waals surface area contributed by atoms with Crippen molar-refractivity contribution in [1.29, 1.82) is 0 Å². The minimum Gasteiger partial charge on any atom is -0.396 e. The zero-order valence-corrected chi connectivity index (χ0v) is 12.6. The number of aliphatic hydroxyl groups is 1. The van der Waals surface area contributed by atoms with Crippen molar-refractivity contribution in [3.8, 4) is 0 Å². The van der Waals surface area contributed by atoms with Crippen LogP contribution in [0.15, 0.2) is 30.3 Å². The fraction of sp³-hybridized carbons (Fsp3) is 0.611. The molecule has 3 nitrogen and oxygen atoms in total. The Bertz CT molecular complexity index is 473. The second kappa shape index (κ2) is 6.61. The van der Waals surface area contributed by atoms with Crippen molar-refractivity contribution in [2.24, 2.45) is 5.92 Å². The Morgan fingerprint density at radius 1 is 1.14 bits per heavy atom. The van der Waals surface area contributed by atoms with E-state index in [1.165, 1.54) is 24.8 Å². The summed E-state index contributed by atoms with van der Waals surface area (Å²) < 4.78 is 0. The molecule has 1 aromatic rings. The molecule has 1 heterocycles. The minimum atomic E-state index is -0.0329. The van der Waals surface area contributed by atoms with E-state index >= 15 is 0 Å². The molecule has 2 fully saturated rings. The van der Waals surface area contributed by atoms with Crippen LogP contribution in [0.3, 0.4) is 0 Å². The molecule has 1 amide bonds. The summed E-state index contributed by atoms with van der Waals surface area (Å²) in [6, 6.07) is 11.2. The van der Waals surface area contributed by atoms with Gasteiger partial charge >= 0.3 is 0 Å². The maximum Gasteiger partial charge on any atom is 0.225 e. The summed E-state index contributed by atoms with van der Waals surface area (Å²) in [6.45, 7) is 0.814. The first kappa shape index (κ1) is 14.6. The first-order valence-corrected chi connectivity index (χ1v) is 8.26. The molecule has 0 radical (unpaired) electrons. The molecule has 0 spiro atoms. The molecule has 1 aromatic carbocycles. The van der Waals surface area contributed by atoms with E-state index in [9.17, 15) is 4.79 Å². The van der Waals surface area contributed by atoms with E-state index in [2.05, 4.69) is 35.2 Å². The van der Waals surface area contributed by atoms with Gasteiger partial charge in [0, 0.05) is 19.0 Å². The summed E-state index contributed by atoms with van der Waals surface area (Å²) in [7, 11) is 0. The van der Waals surface area contributed by atoms with E-state index in [1.54, 1.807) is 0 Å². The van der Waals surface area contributed by atoms with E-state index in [0.717, 1.165) is 19.4 Å². The Morgan fingerprint density at radius 2 is 1.90 bits per heavy atom. The van der Waals surface area contributed by atoms with Gasteiger partial charge in [-0.1, -0.05) is 43.2 Å². The number of amides is 1. The number of nitrogens with zero attached hydrogens (tertiary/aromatic N) is 1. The van der Waals surface area contributed by atoms with Gasteiger partial charge in [0.15, 0.2) is 0 Å². The normalized spacial score (nSPS) is 29.0. The van der Waals surface area contributed by atoms with Crippen molar-refractivity contribution in [3.05, 3.63) is 35.9 Å². The number of likely N-dealkylation sites (tertiary alicyclic amines) is 1. The predicted octanol–water partition coefficient (Wildman–Crippen LogP) is 2.94. The van der Waals surface area contributed by atoms with E-state index in [1.807, 2.05) is 0 Å². The van der Waals surface area contributed by atoms with Gasteiger partial charge in [-0.3, -0.25) is 4.79 Å². The molecule has 0 bridgehead atoms.